The van der Waals surface area contributed by atoms with Crippen molar-refractivity contribution in [3.05, 3.63) is 30.1 Å². The van der Waals surface area contributed by atoms with E-state index in [1.165, 1.54) is 18.4 Å². The van der Waals surface area contributed by atoms with Gasteiger partial charge in [0.2, 0.25) is 5.91 Å². The van der Waals surface area contributed by atoms with Crippen LogP contribution in [0.2, 0.25) is 0 Å². The summed E-state index contributed by atoms with van der Waals surface area (Å²) >= 11 is 0. The fourth-order valence-corrected chi connectivity index (χ4v) is 6.31. The molecule has 0 bridgehead atoms. The minimum atomic E-state index is -0.259. The molecule has 0 unspecified atom stereocenters. The Labute approximate surface area is 180 Å². The highest BCUT2D eigenvalue weighted by atomic mass is 16.5. The molecule has 4 fully saturated rings. The van der Waals surface area contributed by atoms with Gasteiger partial charge >= 0.3 is 0 Å². The number of nitrogens with one attached hydrogen (secondary N) is 1. The quantitative estimate of drug-likeness (QED) is 0.824. The molecule has 1 aromatic heterocycles. The van der Waals surface area contributed by atoms with Crippen molar-refractivity contribution in [2.75, 3.05) is 39.4 Å². The number of aromatic nitrogens is 1. The molecule has 30 heavy (non-hydrogen) atoms. The minimum Gasteiger partial charge on any atom is -0.381 e. The van der Waals surface area contributed by atoms with E-state index < -0.39 is 0 Å². The maximum Gasteiger partial charge on any atom is 0.243 e. The Bertz CT molecular complexity index is 715. The van der Waals surface area contributed by atoms with E-state index in [-0.39, 0.29) is 5.54 Å². The van der Waals surface area contributed by atoms with Crippen LogP contribution in [0.25, 0.3) is 0 Å². The third-order valence-corrected chi connectivity index (χ3v) is 7.95. The van der Waals surface area contributed by atoms with Gasteiger partial charge in [0.05, 0.1) is 0 Å². The van der Waals surface area contributed by atoms with Crippen molar-refractivity contribution >= 4 is 5.91 Å². The number of fused-ring (bicyclic) bond motifs is 1. The van der Waals surface area contributed by atoms with E-state index in [0.717, 1.165) is 77.9 Å². The SMILES string of the molecule is O=C(N1CCC(c2ccncc2)CC1)[C@@]12CCCCN1C[C@@H](NC1CCOCC1)C2. The molecule has 1 aromatic rings. The van der Waals surface area contributed by atoms with Gasteiger partial charge < -0.3 is 15.0 Å². The number of pyridine rings is 1. The van der Waals surface area contributed by atoms with Crippen LogP contribution >= 0.6 is 0 Å². The molecule has 4 aliphatic heterocycles. The second kappa shape index (κ2) is 8.93. The molecule has 6 heteroatoms. The molecular weight excluding hydrogens is 376 g/mol. The van der Waals surface area contributed by atoms with E-state index in [4.69, 9.17) is 4.74 Å². The number of hydrogen-bond donors (Lipinski definition) is 1. The molecule has 1 amide bonds. The molecule has 0 aromatic carbocycles. The molecule has 5 rings (SSSR count). The smallest absolute Gasteiger partial charge is 0.243 e. The van der Waals surface area contributed by atoms with Gasteiger partial charge in [0, 0.05) is 57.3 Å². The highest BCUT2D eigenvalue weighted by molar-refractivity contribution is 5.87. The van der Waals surface area contributed by atoms with E-state index in [1.54, 1.807) is 0 Å². The molecule has 2 atom stereocenters. The predicted molar refractivity (Wildman–Crippen MR) is 116 cm³/mol. The largest absolute Gasteiger partial charge is 0.381 e. The number of nitrogens with zero attached hydrogens (tertiary/aromatic N) is 3. The molecule has 0 spiro atoms. The summed E-state index contributed by atoms with van der Waals surface area (Å²) in [4.78, 5) is 22.7. The average molecular weight is 413 g/mol. The zero-order chi connectivity index (χ0) is 20.4. The van der Waals surface area contributed by atoms with E-state index in [2.05, 4.69) is 32.2 Å². The predicted octanol–water partition coefficient (Wildman–Crippen LogP) is 2.55. The second-order valence-corrected chi connectivity index (χ2v) is 9.74. The topological polar surface area (TPSA) is 57.7 Å². The lowest BCUT2D eigenvalue weighted by Crippen LogP contribution is -2.59. The van der Waals surface area contributed by atoms with Gasteiger partial charge in [-0.25, -0.2) is 0 Å². The maximum atomic E-state index is 13.9. The van der Waals surface area contributed by atoms with Crippen molar-refractivity contribution in [1.82, 2.24) is 20.1 Å². The van der Waals surface area contributed by atoms with Gasteiger partial charge in [-0.3, -0.25) is 14.7 Å². The van der Waals surface area contributed by atoms with Gasteiger partial charge in [0.1, 0.15) is 5.54 Å². The summed E-state index contributed by atoms with van der Waals surface area (Å²) in [6.07, 6.45) is 12.5. The number of piperidine rings is 2. The lowest BCUT2D eigenvalue weighted by molar-refractivity contribution is -0.146. The summed E-state index contributed by atoms with van der Waals surface area (Å²) in [6, 6.07) is 5.25. The third-order valence-electron chi connectivity index (χ3n) is 7.95. The molecule has 164 valence electrons. The molecule has 4 aliphatic rings. The zero-order valence-electron chi connectivity index (χ0n) is 18.1. The number of carbonyl (C=O) groups is 1. The van der Waals surface area contributed by atoms with Crippen molar-refractivity contribution in [1.29, 1.82) is 0 Å². The lowest BCUT2D eigenvalue weighted by atomic mass is 9.82. The Balaban J connectivity index is 1.24. The molecule has 5 heterocycles. The van der Waals surface area contributed by atoms with Crippen LogP contribution < -0.4 is 5.32 Å². The van der Waals surface area contributed by atoms with Crippen molar-refractivity contribution in [3.8, 4) is 0 Å². The summed E-state index contributed by atoms with van der Waals surface area (Å²) in [5.41, 5.74) is 1.11. The van der Waals surface area contributed by atoms with Crippen molar-refractivity contribution < 1.29 is 9.53 Å². The maximum absolute atomic E-state index is 13.9. The van der Waals surface area contributed by atoms with Gasteiger partial charge in [-0.2, -0.15) is 0 Å². The van der Waals surface area contributed by atoms with E-state index in [9.17, 15) is 4.79 Å². The average Bonchev–Trinajstić information content (AvgIpc) is 3.19. The fourth-order valence-electron chi connectivity index (χ4n) is 6.31. The van der Waals surface area contributed by atoms with Crippen LogP contribution in [0, 0.1) is 0 Å². The number of carbonyl (C=O) groups excluding carboxylic acids is 1. The van der Waals surface area contributed by atoms with E-state index >= 15 is 0 Å². The first-order chi connectivity index (χ1) is 14.7. The van der Waals surface area contributed by atoms with E-state index in [0.29, 0.717) is 23.9 Å². The van der Waals surface area contributed by atoms with Gasteiger partial charge in [0.25, 0.3) is 0 Å². The highest BCUT2D eigenvalue weighted by Gasteiger charge is 2.53. The Kier molecular flexibility index (Phi) is 6.07. The first-order valence-electron chi connectivity index (χ1n) is 12.0. The first kappa shape index (κ1) is 20.4. The summed E-state index contributed by atoms with van der Waals surface area (Å²) in [5, 5.41) is 3.89. The Morgan fingerprint density at radius 2 is 1.80 bits per heavy atom. The second-order valence-electron chi connectivity index (χ2n) is 9.74. The number of likely N-dealkylation sites (tertiary alicyclic amines) is 1. The summed E-state index contributed by atoms with van der Waals surface area (Å²) in [6.45, 7) is 5.61. The monoisotopic (exact) mass is 412 g/mol. The summed E-state index contributed by atoms with van der Waals surface area (Å²) < 4.78 is 5.52. The number of ether oxygens (including phenoxy) is 1. The van der Waals surface area contributed by atoms with Crippen LogP contribution in [-0.2, 0) is 9.53 Å². The van der Waals surface area contributed by atoms with Gasteiger partial charge in [-0.05, 0) is 81.5 Å². The van der Waals surface area contributed by atoms with E-state index in [1.807, 2.05) is 12.4 Å². The Morgan fingerprint density at radius 3 is 2.57 bits per heavy atom. The summed E-state index contributed by atoms with van der Waals surface area (Å²) in [5.74, 6) is 0.968. The molecular formula is C24H36N4O2. The normalized spacial score (nSPS) is 31.6. The fraction of sp³-hybridized carbons (Fsp3) is 0.750. The standard InChI is InChI=1S/C24H36N4O2/c29-23(27-13-5-20(6-14-27)19-3-10-25-11-4-19)24-9-1-2-12-28(24)18-22(17-24)26-21-7-15-30-16-8-21/h3-4,10-11,20-22,26H,1-2,5-9,12-18H2/t22-,24-/m0/s1. The van der Waals surface area contributed by atoms with Crippen LogP contribution in [0.3, 0.4) is 0 Å². The van der Waals surface area contributed by atoms with Crippen LogP contribution in [0.5, 0.6) is 0 Å². The Hall–Kier alpha value is -1.50. The van der Waals surface area contributed by atoms with Crippen LogP contribution in [-0.4, -0.2) is 77.7 Å². The number of hydrogen-bond acceptors (Lipinski definition) is 5. The molecule has 0 aliphatic carbocycles. The lowest BCUT2D eigenvalue weighted by Gasteiger charge is -2.45. The minimum absolute atomic E-state index is 0.259. The molecule has 0 saturated carbocycles. The molecule has 6 nitrogen and oxygen atoms in total. The van der Waals surface area contributed by atoms with Crippen LogP contribution in [0.15, 0.2) is 24.5 Å². The summed E-state index contributed by atoms with van der Waals surface area (Å²) in [7, 11) is 0. The molecule has 4 saturated heterocycles. The molecule has 0 radical (unpaired) electrons. The van der Waals surface area contributed by atoms with Crippen molar-refractivity contribution in [2.45, 2.75) is 74.9 Å². The third kappa shape index (κ3) is 4.02. The molecule has 1 N–H and O–H groups in total. The van der Waals surface area contributed by atoms with Crippen LogP contribution in [0.4, 0.5) is 0 Å². The number of rotatable bonds is 4. The highest BCUT2D eigenvalue weighted by Crippen LogP contribution is 2.41. The van der Waals surface area contributed by atoms with Crippen molar-refractivity contribution in [3.63, 3.8) is 0 Å². The van der Waals surface area contributed by atoms with Gasteiger partial charge in [-0.1, -0.05) is 0 Å². The Morgan fingerprint density at radius 1 is 1.03 bits per heavy atom. The first-order valence-corrected chi connectivity index (χ1v) is 12.0. The number of amides is 1. The zero-order valence-corrected chi connectivity index (χ0v) is 18.1. The van der Waals surface area contributed by atoms with Gasteiger partial charge in [-0.15, -0.1) is 0 Å². The van der Waals surface area contributed by atoms with Crippen LogP contribution in [0.1, 0.15) is 62.8 Å². The van der Waals surface area contributed by atoms with Crippen molar-refractivity contribution in [2.24, 2.45) is 0 Å². The van der Waals surface area contributed by atoms with Gasteiger partial charge in [0.15, 0.2) is 0 Å².